The number of aliphatic carboxylic acids is 1. The van der Waals surface area contributed by atoms with Gasteiger partial charge in [-0.3, -0.25) is 4.79 Å². The van der Waals surface area contributed by atoms with Gasteiger partial charge < -0.3 is 20.1 Å². The zero-order valence-electron chi connectivity index (χ0n) is 11.5. The van der Waals surface area contributed by atoms with Crippen LogP contribution >= 0.6 is 0 Å². The van der Waals surface area contributed by atoms with Crippen LogP contribution in [0.2, 0.25) is 0 Å². The van der Waals surface area contributed by atoms with Gasteiger partial charge in [0.05, 0.1) is 6.42 Å². The average molecular weight is 328 g/mol. The highest BCUT2D eigenvalue weighted by atomic mass is 19.4. The highest BCUT2D eigenvalue weighted by Gasteiger charge is 2.31. The summed E-state index contributed by atoms with van der Waals surface area (Å²) in [7, 11) is 0. The molecule has 2 aromatic carbocycles. The summed E-state index contributed by atoms with van der Waals surface area (Å²) in [4.78, 5) is 10.9. The number of phenols is 2. The Morgan fingerprint density at radius 3 is 2.43 bits per heavy atom. The van der Waals surface area contributed by atoms with Crippen molar-refractivity contribution in [2.75, 3.05) is 0 Å². The van der Waals surface area contributed by atoms with Crippen molar-refractivity contribution in [1.29, 1.82) is 0 Å². The third-order valence-electron chi connectivity index (χ3n) is 2.88. The van der Waals surface area contributed by atoms with E-state index in [1.807, 2.05) is 0 Å². The number of phenolic OH excluding ortho intramolecular Hbond substituents is 2. The Morgan fingerprint density at radius 1 is 1.13 bits per heavy atom. The molecule has 0 bridgehead atoms. The first-order valence-electron chi connectivity index (χ1n) is 6.28. The number of carbonyl (C=O) groups is 1. The number of carboxylic acids is 1. The summed E-state index contributed by atoms with van der Waals surface area (Å²) < 4.78 is 40.6. The van der Waals surface area contributed by atoms with E-state index >= 15 is 0 Å². The maximum atomic E-state index is 12.3. The smallest absolute Gasteiger partial charge is 0.508 e. The van der Waals surface area contributed by atoms with Gasteiger partial charge in [-0.2, -0.15) is 0 Å². The summed E-state index contributed by atoms with van der Waals surface area (Å²) in [6.07, 6.45) is -5.40. The number of carboxylic acid groups (broad SMARTS) is 1. The Kier molecular flexibility index (Phi) is 4.35. The number of halogens is 3. The minimum atomic E-state index is -4.88. The summed E-state index contributed by atoms with van der Waals surface area (Å²) in [5.41, 5.74) is 0.192. The quantitative estimate of drug-likeness (QED) is 0.802. The Morgan fingerprint density at radius 2 is 1.83 bits per heavy atom. The van der Waals surface area contributed by atoms with Crippen LogP contribution in [0.15, 0.2) is 36.4 Å². The van der Waals surface area contributed by atoms with Crippen LogP contribution < -0.4 is 4.74 Å². The SMILES string of the molecule is O=C(O)Cc1cc(O)cc(O)c1-c1cccc(OC(F)(F)F)c1. The fourth-order valence-corrected chi connectivity index (χ4v) is 2.15. The lowest BCUT2D eigenvalue weighted by molar-refractivity contribution is -0.274. The number of alkyl halides is 3. The van der Waals surface area contributed by atoms with Crippen molar-refractivity contribution in [3.05, 3.63) is 42.0 Å². The summed E-state index contributed by atoms with van der Waals surface area (Å²) >= 11 is 0. The van der Waals surface area contributed by atoms with Crippen molar-refractivity contribution in [1.82, 2.24) is 0 Å². The first-order chi connectivity index (χ1) is 10.7. The predicted octanol–water partition coefficient (Wildman–Crippen LogP) is 3.29. The van der Waals surface area contributed by atoms with E-state index < -0.39 is 30.3 Å². The van der Waals surface area contributed by atoms with Crippen molar-refractivity contribution in [2.24, 2.45) is 0 Å². The van der Waals surface area contributed by atoms with Crippen molar-refractivity contribution < 1.29 is 38.0 Å². The van der Waals surface area contributed by atoms with Crippen LogP contribution in [-0.2, 0) is 11.2 Å². The minimum Gasteiger partial charge on any atom is -0.508 e. The molecular weight excluding hydrogens is 317 g/mol. The number of hydrogen-bond acceptors (Lipinski definition) is 4. The van der Waals surface area contributed by atoms with Crippen molar-refractivity contribution in [3.8, 4) is 28.4 Å². The molecule has 122 valence electrons. The summed E-state index contributed by atoms with van der Waals surface area (Å²) in [5, 5.41) is 28.3. The molecule has 23 heavy (non-hydrogen) atoms. The highest BCUT2D eigenvalue weighted by molar-refractivity contribution is 5.81. The van der Waals surface area contributed by atoms with Crippen LogP contribution in [0, 0.1) is 0 Å². The zero-order chi connectivity index (χ0) is 17.2. The van der Waals surface area contributed by atoms with Gasteiger partial charge in [-0.25, -0.2) is 0 Å². The van der Waals surface area contributed by atoms with Crippen LogP contribution in [0.25, 0.3) is 11.1 Å². The van der Waals surface area contributed by atoms with E-state index in [0.717, 1.165) is 24.3 Å². The van der Waals surface area contributed by atoms with Gasteiger partial charge in [0.2, 0.25) is 0 Å². The molecule has 0 aliphatic rings. The second-order valence-electron chi connectivity index (χ2n) is 4.65. The monoisotopic (exact) mass is 328 g/mol. The Labute approximate surface area is 128 Å². The molecule has 3 N–H and O–H groups in total. The second-order valence-corrected chi connectivity index (χ2v) is 4.65. The molecule has 0 aromatic heterocycles. The van der Waals surface area contributed by atoms with E-state index in [9.17, 15) is 28.2 Å². The van der Waals surface area contributed by atoms with Gasteiger partial charge in [0.25, 0.3) is 0 Å². The molecule has 0 fully saturated rings. The van der Waals surface area contributed by atoms with Gasteiger partial charge in [0, 0.05) is 11.6 Å². The number of aromatic hydroxyl groups is 2. The van der Waals surface area contributed by atoms with Gasteiger partial charge in [-0.05, 0) is 29.3 Å². The van der Waals surface area contributed by atoms with Crippen molar-refractivity contribution >= 4 is 5.97 Å². The first kappa shape index (κ1) is 16.5. The number of benzene rings is 2. The molecule has 0 saturated carbocycles. The second kappa shape index (κ2) is 6.07. The van der Waals surface area contributed by atoms with E-state index in [0.29, 0.717) is 0 Å². The number of hydrogen-bond donors (Lipinski definition) is 3. The molecule has 0 radical (unpaired) electrons. The Balaban J connectivity index is 2.53. The third kappa shape index (κ3) is 4.29. The lowest BCUT2D eigenvalue weighted by atomic mass is 9.96. The van der Waals surface area contributed by atoms with E-state index in [1.165, 1.54) is 12.1 Å². The maximum Gasteiger partial charge on any atom is 0.573 e. The molecule has 0 atom stereocenters. The fourth-order valence-electron chi connectivity index (χ4n) is 2.15. The lowest BCUT2D eigenvalue weighted by Crippen LogP contribution is -2.17. The van der Waals surface area contributed by atoms with Crippen LogP contribution in [0.4, 0.5) is 13.2 Å². The van der Waals surface area contributed by atoms with Gasteiger partial charge >= 0.3 is 12.3 Å². The molecule has 8 heteroatoms. The van der Waals surface area contributed by atoms with Gasteiger partial charge in [0.15, 0.2) is 0 Å². The normalized spacial score (nSPS) is 11.3. The standard InChI is InChI=1S/C15H11F3O5/c16-15(17,18)23-11-3-1-2-8(5-11)14-9(6-13(21)22)4-10(19)7-12(14)20/h1-5,7,19-20H,6H2,(H,21,22). The molecule has 0 saturated heterocycles. The number of ether oxygens (including phenoxy) is 1. The van der Waals surface area contributed by atoms with Crippen LogP contribution in [0.1, 0.15) is 5.56 Å². The van der Waals surface area contributed by atoms with Gasteiger partial charge in [0.1, 0.15) is 17.2 Å². The Hall–Kier alpha value is -2.90. The van der Waals surface area contributed by atoms with Crippen LogP contribution in [0.3, 0.4) is 0 Å². The zero-order valence-corrected chi connectivity index (χ0v) is 11.5. The molecule has 0 unspecified atom stereocenters. The summed E-state index contributed by atoms with van der Waals surface area (Å²) in [6.45, 7) is 0. The molecule has 0 spiro atoms. The lowest BCUT2D eigenvalue weighted by Gasteiger charge is -2.14. The molecule has 0 heterocycles. The van der Waals surface area contributed by atoms with E-state index in [2.05, 4.69) is 4.74 Å². The molecule has 5 nitrogen and oxygen atoms in total. The fraction of sp³-hybridized carbons (Fsp3) is 0.133. The van der Waals surface area contributed by atoms with E-state index in [-0.39, 0.29) is 22.4 Å². The minimum absolute atomic E-state index is 0.0119. The molecule has 2 rings (SSSR count). The van der Waals surface area contributed by atoms with Crippen LogP contribution in [0.5, 0.6) is 17.2 Å². The maximum absolute atomic E-state index is 12.3. The molecule has 0 aliphatic heterocycles. The molecular formula is C15H11F3O5. The molecule has 2 aromatic rings. The van der Waals surface area contributed by atoms with Gasteiger partial charge in [-0.1, -0.05) is 12.1 Å². The molecule has 0 amide bonds. The van der Waals surface area contributed by atoms with Crippen molar-refractivity contribution in [2.45, 2.75) is 12.8 Å². The Bertz CT molecular complexity index is 740. The van der Waals surface area contributed by atoms with E-state index in [4.69, 9.17) is 5.11 Å². The predicted molar refractivity (Wildman–Crippen MR) is 73.2 cm³/mol. The number of rotatable bonds is 4. The topological polar surface area (TPSA) is 87.0 Å². The first-order valence-corrected chi connectivity index (χ1v) is 6.28. The molecule has 0 aliphatic carbocycles. The van der Waals surface area contributed by atoms with Crippen molar-refractivity contribution in [3.63, 3.8) is 0 Å². The largest absolute Gasteiger partial charge is 0.573 e. The third-order valence-corrected chi connectivity index (χ3v) is 2.88. The summed E-state index contributed by atoms with van der Waals surface area (Å²) in [5.74, 6) is -2.54. The van der Waals surface area contributed by atoms with E-state index in [1.54, 1.807) is 0 Å². The highest BCUT2D eigenvalue weighted by Crippen LogP contribution is 2.38. The van der Waals surface area contributed by atoms with Gasteiger partial charge in [-0.15, -0.1) is 13.2 Å². The van der Waals surface area contributed by atoms with Crippen LogP contribution in [-0.4, -0.2) is 27.7 Å². The summed E-state index contributed by atoms with van der Waals surface area (Å²) in [6, 6.07) is 6.85. The average Bonchev–Trinajstić information content (AvgIpc) is 2.35.